The summed E-state index contributed by atoms with van der Waals surface area (Å²) in [5, 5.41) is 3.40. The van der Waals surface area contributed by atoms with E-state index in [0.717, 1.165) is 15.4 Å². The van der Waals surface area contributed by atoms with E-state index < -0.39 is 28.5 Å². The lowest BCUT2D eigenvalue weighted by Crippen LogP contribution is -2.54. The van der Waals surface area contributed by atoms with E-state index in [0.29, 0.717) is 17.7 Å². The number of carbonyl (C=O) groups excluding carboxylic acids is 2. The highest BCUT2D eigenvalue weighted by molar-refractivity contribution is 7.92. The van der Waals surface area contributed by atoms with Crippen molar-refractivity contribution in [3.05, 3.63) is 124 Å². The van der Waals surface area contributed by atoms with Gasteiger partial charge in [-0.05, 0) is 73.9 Å². The predicted octanol–water partition coefficient (Wildman–Crippen LogP) is 7.06. The number of nitrogens with zero attached hydrogens (tertiary/aromatic N) is 2. The van der Waals surface area contributed by atoms with Crippen molar-refractivity contribution in [2.24, 2.45) is 0 Å². The fourth-order valence-electron chi connectivity index (χ4n) is 4.97. The maximum Gasteiger partial charge on any atom is 0.264 e. The first kappa shape index (κ1) is 35.8. The fraction of sp³-hybridized carbons (Fsp3) is 0.278. The van der Waals surface area contributed by atoms with E-state index in [-0.39, 0.29) is 45.5 Å². The van der Waals surface area contributed by atoms with Crippen LogP contribution in [0, 0.1) is 6.92 Å². The highest BCUT2D eigenvalue weighted by Gasteiger charge is 2.35. The number of nitrogens with one attached hydrogen (secondary N) is 1. The molecule has 0 aliphatic heterocycles. The van der Waals surface area contributed by atoms with E-state index in [1.807, 2.05) is 57.2 Å². The van der Waals surface area contributed by atoms with Crippen LogP contribution in [-0.2, 0) is 32.6 Å². The van der Waals surface area contributed by atoms with Gasteiger partial charge in [0.1, 0.15) is 18.3 Å². The third kappa shape index (κ3) is 9.28. The molecule has 0 aliphatic carbocycles. The molecule has 0 fully saturated rings. The second-order valence-electron chi connectivity index (χ2n) is 11.3. The lowest BCUT2D eigenvalue weighted by molar-refractivity contribution is -0.140. The highest BCUT2D eigenvalue weighted by Crippen LogP contribution is 2.31. The quantitative estimate of drug-likeness (QED) is 0.152. The minimum atomic E-state index is -4.28. The van der Waals surface area contributed by atoms with Crippen molar-refractivity contribution < 1.29 is 22.7 Å². The fourth-order valence-corrected chi connectivity index (χ4v) is 6.67. The van der Waals surface area contributed by atoms with Crippen LogP contribution in [0.3, 0.4) is 0 Å². The number of aryl methyl sites for hydroxylation is 1. The minimum Gasteiger partial charge on any atom is -0.497 e. The molecule has 4 rings (SSSR count). The molecule has 47 heavy (non-hydrogen) atoms. The van der Waals surface area contributed by atoms with Gasteiger partial charge in [-0.3, -0.25) is 13.9 Å². The molecule has 4 aromatic rings. The lowest BCUT2D eigenvalue weighted by atomic mass is 10.0. The molecule has 4 aromatic carbocycles. The number of anilines is 1. The van der Waals surface area contributed by atoms with Gasteiger partial charge in [0.05, 0.1) is 27.7 Å². The summed E-state index contributed by atoms with van der Waals surface area (Å²) < 4.78 is 34.8. The van der Waals surface area contributed by atoms with Gasteiger partial charge in [0.2, 0.25) is 11.8 Å². The van der Waals surface area contributed by atoms with Crippen LogP contribution in [0.15, 0.2) is 102 Å². The number of halogens is 2. The van der Waals surface area contributed by atoms with Gasteiger partial charge in [0.25, 0.3) is 10.0 Å². The van der Waals surface area contributed by atoms with Crippen LogP contribution in [0.2, 0.25) is 10.0 Å². The molecular formula is C36H39Cl2N3O5S. The molecule has 248 valence electrons. The van der Waals surface area contributed by atoms with Crippen LogP contribution >= 0.6 is 23.2 Å². The number of hydrogen-bond donors (Lipinski definition) is 1. The van der Waals surface area contributed by atoms with Crippen LogP contribution in [-0.4, -0.2) is 50.9 Å². The van der Waals surface area contributed by atoms with Crippen LogP contribution in [0.25, 0.3) is 0 Å². The normalized spacial score (nSPS) is 12.6. The van der Waals surface area contributed by atoms with Crippen molar-refractivity contribution in [3.8, 4) is 5.75 Å². The Labute approximate surface area is 287 Å². The molecule has 0 aromatic heterocycles. The molecule has 0 bridgehead atoms. The first-order chi connectivity index (χ1) is 22.4. The second-order valence-corrected chi connectivity index (χ2v) is 14.0. The lowest BCUT2D eigenvalue weighted by Gasteiger charge is -2.34. The third-order valence-corrected chi connectivity index (χ3v) is 10.4. The second kappa shape index (κ2) is 16.2. The van der Waals surface area contributed by atoms with Crippen LogP contribution in [0.4, 0.5) is 5.69 Å². The van der Waals surface area contributed by atoms with Gasteiger partial charge < -0.3 is 15.0 Å². The highest BCUT2D eigenvalue weighted by atomic mass is 35.5. The van der Waals surface area contributed by atoms with Gasteiger partial charge in [-0.25, -0.2) is 8.42 Å². The maximum absolute atomic E-state index is 14.6. The molecule has 8 nitrogen and oxygen atoms in total. The number of methoxy groups -OCH3 is 1. The zero-order chi connectivity index (χ0) is 34.1. The molecule has 0 spiro atoms. The molecule has 0 heterocycles. The molecule has 0 saturated carbocycles. The average Bonchev–Trinajstić information content (AvgIpc) is 3.07. The van der Waals surface area contributed by atoms with Crippen molar-refractivity contribution in [2.75, 3.05) is 18.0 Å². The molecule has 0 aliphatic rings. The van der Waals surface area contributed by atoms with Gasteiger partial charge in [-0.15, -0.1) is 0 Å². The van der Waals surface area contributed by atoms with Gasteiger partial charge in [0.15, 0.2) is 0 Å². The molecule has 11 heteroatoms. The molecule has 2 amide bonds. The van der Waals surface area contributed by atoms with Gasteiger partial charge in [-0.1, -0.05) is 90.3 Å². The summed E-state index contributed by atoms with van der Waals surface area (Å²) in [6, 6.07) is 26.2. The van der Waals surface area contributed by atoms with E-state index in [9.17, 15) is 18.0 Å². The van der Waals surface area contributed by atoms with Gasteiger partial charge in [-0.2, -0.15) is 0 Å². The first-order valence-electron chi connectivity index (χ1n) is 15.2. The first-order valence-corrected chi connectivity index (χ1v) is 17.4. The van der Waals surface area contributed by atoms with E-state index in [4.69, 9.17) is 27.9 Å². The topological polar surface area (TPSA) is 96.0 Å². The number of ether oxygens (including phenoxy) is 1. The summed E-state index contributed by atoms with van der Waals surface area (Å²) >= 11 is 12.5. The SMILES string of the molecule is CCC(C)NC(=O)C(Cc1ccccc1)N(Cc1cccc(OC)c1)C(=O)CN(c1ccc(Cl)c(Cl)c1)S(=O)(=O)c1ccc(C)cc1. The molecular weight excluding hydrogens is 657 g/mol. The number of benzene rings is 4. The minimum absolute atomic E-state index is 0.00309. The Morgan fingerprint density at radius 3 is 2.19 bits per heavy atom. The summed E-state index contributed by atoms with van der Waals surface area (Å²) in [5.74, 6) is -0.352. The monoisotopic (exact) mass is 695 g/mol. The summed E-state index contributed by atoms with van der Waals surface area (Å²) in [7, 11) is -2.73. The Balaban J connectivity index is 1.83. The Kier molecular flexibility index (Phi) is 12.3. The summed E-state index contributed by atoms with van der Waals surface area (Å²) in [6.07, 6.45) is 0.893. The average molecular weight is 697 g/mol. The van der Waals surface area contributed by atoms with E-state index in [1.54, 1.807) is 37.4 Å². The molecule has 2 atom stereocenters. The Bertz CT molecular complexity index is 1790. The zero-order valence-corrected chi connectivity index (χ0v) is 29.1. The van der Waals surface area contributed by atoms with Gasteiger partial charge in [0, 0.05) is 19.0 Å². The standard InChI is InChI=1S/C36H39Cl2N3O5S/c1-5-26(3)39-36(43)34(21-27-10-7-6-8-11-27)40(23-28-12-9-13-30(20-28)46-4)35(42)24-41(29-16-19-32(37)33(38)22-29)47(44,45)31-17-14-25(2)15-18-31/h6-20,22,26,34H,5,21,23-24H2,1-4H3,(H,39,43). The molecule has 0 saturated heterocycles. The van der Waals surface area contributed by atoms with E-state index in [1.165, 1.54) is 35.2 Å². The predicted molar refractivity (Wildman–Crippen MR) is 188 cm³/mol. The molecule has 1 N–H and O–H groups in total. The molecule has 0 radical (unpaired) electrons. The number of amides is 2. The van der Waals surface area contributed by atoms with Crippen molar-refractivity contribution >= 4 is 50.7 Å². The largest absolute Gasteiger partial charge is 0.497 e. The van der Waals surface area contributed by atoms with Crippen molar-refractivity contribution in [3.63, 3.8) is 0 Å². The zero-order valence-electron chi connectivity index (χ0n) is 26.8. The van der Waals surface area contributed by atoms with Gasteiger partial charge >= 0.3 is 0 Å². The van der Waals surface area contributed by atoms with E-state index >= 15 is 0 Å². The molecule has 2 unspecified atom stereocenters. The van der Waals surface area contributed by atoms with Crippen molar-refractivity contribution in [1.29, 1.82) is 0 Å². The van der Waals surface area contributed by atoms with Crippen LogP contribution in [0.5, 0.6) is 5.75 Å². The van der Waals surface area contributed by atoms with E-state index in [2.05, 4.69) is 5.32 Å². The number of rotatable bonds is 14. The summed E-state index contributed by atoms with van der Waals surface area (Å²) in [5.41, 5.74) is 2.57. The number of carbonyl (C=O) groups is 2. The number of sulfonamides is 1. The summed E-state index contributed by atoms with van der Waals surface area (Å²) in [4.78, 5) is 30.0. The smallest absolute Gasteiger partial charge is 0.264 e. The van der Waals surface area contributed by atoms with Crippen molar-refractivity contribution in [1.82, 2.24) is 10.2 Å². The maximum atomic E-state index is 14.6. The third-order valence-electron chi connectivity index (χ3n) is 7.84. The Morgan fingerprint density at radius 2 is 1.55 bits per heavy atom. The van der Waals surface area contributed by atoms with Crippen molar-refractivity contribution in [2.45, 2.75) is 57.1 Å². The van der Waals surface area contributed by atoms with Crippen LogP contribution in [0.1, 0.15) is 37.0 Å². The Morgan fingerprint density at radius 1 is 0.872 bits per heavy atom. The Hall–Kier alpha value is -4.05. The van der Waals surface area contributed by atoms with Crippen LogP contribution < -0.4 is 14.4 Å². The summed E-state index contributed by atoms with van der Waals surface area (Å²) in [6.45, 7) is 5.11. The number of hydrogen-bond acceptors (Lipinski definition) is 5.